The molecule has 0 saturated heterocycles. The first-order chi connectivity index (χ1) is 10.6. The summed E-state index contributed by atoms with van der Waals surface area (Å²) >= 11 is 0. The van der Waals surface area contributed by atoms with E-state index in [2.05, 4.69) is 24.1 Å². The van der Waals surface area contributed by atoms with Gasteiger partial charge < -0.3 is 16.0 Å². The quantitative estimate of drug-likeness (QED) is 0.614. The molecule has 0 aliphatic rings. The molecule has 0 radical (unpaired) electrons. The Morgan fingerprint density at radius 1 is 1.12 bits per heavy atom. The highest BCUT2D eigenvalue weighted by Gasteiger charge is 2.21. The number of nitrogens with one attached hydrogen (secondary N) is 1. The average Bonchev–Trinajstić information content (AvgIpc) is 2.57. The molecule has 1 rings (SSSR count). The highest BCUT2D eigenvalue weighted by Crippen LogP contribution is 2.18. The second-order valence-corrected chi connectivity index (χ2v) is 5.75. The predicted molar refractivity (Wildman–Crippen MR) is 107 cm³/mol. The first-order valence-corrected chi connectivity index (χ1v) is 8.40. The number of unbranched alkanes of at least 4 members (excludes halogenated alkanes) is 1. The molecule has 0 spiro atoms. The smallest absolute Gasteiger partial charge is 0.224 e. The number of benzene rings is 1. The van der Waals surface area contributed by atoms with E-state index < -0.39 is 0 Å². The Balaban J connectivity index is 0. The van der Waals surface area contributed by atoms with Gasteiger partial charge in [-0.2, -0.15) is 0 Å². The third-order valence-corrected chi connectivity index (χ3v) is 4.23. The van der Waals surface area contributed by atoms with Crippen molar-refractivity contribution < 1.29 is 4.79 Å². The maximum atomic E-state index is 12.2. The zero-order valence-electron chi connectivity index (χ0n) is 15.0. The second kappa shape index (κ2) is 14.5. The van der Waals surface area contributed by atoms with Crippen molar-refractivity contribution in [2.45, 2.75) is 39.7 Å². The van der Waals surface area contributed by atoms with Crippen LogP contribution in [-0.2, 0) is 4.79 Å². The molecular formula is C18H33Cl2N3O. The lowest BCUT2D eigenvalue weighted by Crippen LogP contribution is -2.36. The molecule has 0 aliphatic carbocycles. The topological polar surface area (TPSA) is 58.4 Å². The van der Waals surface area contributed by atoms with Crippen molar-refractivity contribution in [3.8, 4) is 0 Å². The van der Waals surface area contributed by atoms with Crippen LogP contribution in [0.1, 0.15) is 45.2 Å². The van der Waals surface area contributed by atoms with Gasteiger partial charge in [0.05, 0.1) is 5.92 Å². The van der Waals surface area contributed by atoms with E-state index in [1.165, 1.54) is 0 Å². The van der Waals surface area contributed by atoms with Crippen LogP contribution in [0.25, 0.3) is 0 Å². The fourth-order valence-corrected chi connectivity index (χ4v) is 2.50. The fourth-order valence-electron chi connectivity index (χ4n) is 2.50. The normalized spacial score (nSPS) is 12.7. The Morgan fingerprint density at radius 3 is 2.25 bits per heavy atom. The van der Waals surface area contributed by atoms with Crippen LogP contribution in [0.3, 0.4) is 0 Å². The number of hydrogen-bond acceptors (Lipinski definition) is 3. The molecule has 3 N–H and O–H groups in total. The zero-order valence-corrected chi connectivity index (χ0v) is 16.7. The van der Waals surface area contributed by atoms with Gasteiger partial charge in [0.2, 0.25) is 5.91 Å². The van der Waals surface area contributed by atoms with Gasteiger partial charge in [0.1, 0.15) is 0 Å². The molecule has 24 heavy (non-hydrogen) atoms. The number of carbonyl (C=O) groups is 1. The number of amides is 1. The molecule has 2 unspecified atom stereocenters. The van der Waals surface area contributed by atoms with E-state index in [9.17, 15) is 4.79 Å². The third-order valence-electron chi connectivity index (χ3n) is 4.23. The van der Waals surface area contributed by atoms with Crippen molar-refractivity contribution >= 4 is 30.7 Å². The van der Waals surface area contributed by atoms with Gasteiger partial charge in [0, 0.05) is 12.6 Å². The summed E-state index contributed by atoms with van der Waals surface area (Å²) in [5, 5.41) is 3.01. The van der Waals surface area contributed by atoms with Crippen LogP contribution in [0.4, 0.5) is 0 Å². The van der Waals surface area contributed by atoms with Crippen molar-refractivity contribution in [3.05, 3.63) is 35.9 Å². The van der Waals surface area contributed by atoms with Crippen LogP contribution in [0.2, 0.25) is 0 Å². The molecule has 1 aromatic carbocycles. The molecule has 0 saturated carbocycles. The molecule has 6 heteroatoms. The number of hydrogen-bond donors (Lipinski definition) is 2. The summed E-state index contributed by atoms with van der Waals surface area (Å²) in [6, 6.07) is 9.55. The monoisotopic (exact) mass is 377 g/mol. The SMILES string of the molecule is CCN(CC)CCCCNC(=O)C(C)C(N)c1ccccc1.Cl.Cl. The van der Waals surface area contributed by atoms with Crippen LogP contribution in [0.15, 0.2) is 30.3 Å². The molecule has 4 nitrogen and oxygen atoms in total. The van der Waals surface area contributed by atoms with Gasteiger partial charge in [-0.15, -0.1) is 24.8 Å². The van der Waals surface area contributed by atoms with Crippen LogP contribution >= 0.6 is 24.8 Å². The average molecular weight is 378 g/mol. The summed E-state index contributed by atoms with van der Waals surface area (Å²) in [5.74, 6) is -0.177. The Bertz CT molecular complexity index is 428. The van der Waals surface area contributed by atoms with E-state index in [0.29, 0.717) is 0 Å². The maximum Gasteiger partial charge on any atom is 0.224 e. The van der Waals surface area contributed by atoms with E-state index in [0.717, 1.165) is 44.6 Å². The minimum atomic E-state index is -0.253. The second-order valence-electron chi connectivity index (χ2n) is 5.75. The summed E-state index contributed by atoms with van der Waals surface area (Å²) in [6.07, 6.45) is 2.12. The van der Waals surface area contributed by atoms with Crippen molar-refractivity contribution in [3.63, 3.8) is 0 Å². The molecule has 0 heterocycles. The molecule has 140 valence electrons. The molecule has 0 aliphatic heterocycles. The van der Waals surface area contributed by atoms with E-state index in [-0.39, 0.29) is 42.7 Å². The van der Waals surface area contributed by atoms with E-state index in [1.54, 1.807) is 0 Å². The first-order valence-electron chi connectivity index (χ1n) is 8.40. The number of halogens is 2. The first kappa shape index (κ1) is 25.4. The molecular weight excluding hydrogens is 345 g/mol. The number of carbonyl (C=O) groups excluding carboxylic acids is 1. The van der Waals surface area contributed by atoms with Gasteiger partial charge in [-0.25, -0.2) is 0 Å². The number of nitrogens with zero attached hydrogens (tertiary/aromatic N) is 1. The molecule has 2 atom stereocenters. The van der Waals surface area contributed by atoms with Gasteiger partial charge in [0.25, 0.3) is 0 Å². The molecule has 0 fully saturated rings. The zero-order chi connectivity index (χ0) is 16.4. The number of rotatable bonds is 10. The summed E-state index contributed by atoms with van der Waals surface area (Å²) in [7, 11) is 0. The van der Waals surface area contributed by atoms with Gasteiger partial charge in [-0.05, 0) is 38.0 Å². The Labute approximate surface area is 159 Å². The molecule has 1 amide bonds. The highest BCUT2D eigenvalue weighted by molar-refractivity contribution is 5.85. The van der Waals surface area contributed by atoms with Gasteiger partial charge in [-0.1, -0.05) is 51.1 Å². The Kier molecular flexibility index (Phi) is 15.4. The molecule has 0 bridgehead atoms. The van der Waals surface area contributed by atoms with Crippen LogP contribution in [-0.4, -0.2) is 37.0 Å². The van der Waals surface area contributed by atoms with E-state index in [4.69, 9.17) is 5.73 Å². The van der Waals surface area contributed by atoms with Crippen LogP contribution < -0.4 is 11.1 Å². The summed E-state index contributed by atoms with van der Waals surface area (Å²) < 4.78 is 0. The van der Waals surface area contributed by atoms with Gasteiger partial charge >= 0.3 is 0 Å². The Hall–Kier alpha value is -0.810. The van der Waals surface area contributed by atoms with Crippen molar-refractivity contribution in [2.75, 3.05) is 26.2 Å². The summed E-state index contributed by atoms with van der Waals surface area (Å²) in [4.78, 5) is 14.6. The minimum Gasteiger partial charge on any atom is -0.356 e. The van der Waals surface area contributed by atoms with Gasteiger partial charge in [-0.3, -0.25) is 4.79 Å². The lowest BCUT2D eigenvalue weighted by molar-refractivity contribution is -0.125. The minimum absolute atomic E-state index is 0. The van der Waals surface area contributed by atoms with Crippen molar-refractivity contribution in [1.29, 1.82) is 0 Å². The summed E-state index contributed by atoms with van der Waals surface area (Å²) in [5.41, 5.74) is 7.18. The van der Waals surface area contributed by atoms with E-state index >= 15 is 0 Å². The summed E-state index contributed by atoms with van der Waals surface area (Å²) in [6.45, 7) is 10.3. The van der Waals surface area contributed by atoms with Crippen LogP contribution in [0, 0.1) is 5.92 Å². The lowest BCUT2D eigenvalue weighted by Gasteiger charge is -2.20. The van der Waals surface area contributed by atoms with Crippen LogP contribution in [0.5, 0.6) is 0 Å². The van der Waals surface area contributed by atoms with Gasteiger partial charge in [0.15, 0.2) is 0 Å². The van der Waals surface area contributed by atoms with Crippen molar-refractivity contribution in [2.24, 2.45) is 11.7 Å². The lowest BCUT2D eigenvalue weighted by atomic mass is 9.94. The Morgan fingerprint density at radius 2 is 1.71 bits per heavy atom. The predicted octanol–water partition coefficient (Wildman–Crippen LogP) is 3.40. The maximum absolute atomic E-state index is 12.2. The molecule has 1 aromatic rings. The fraction of sp³-hybridized carbons (Fsp3) is 0.611. The number of nitrogens with two attached hydrogens (primary N) is 1. The van der Waals surface area contributed by atoms with E-state index in [1.807, 2.05) is 37.3 Å². The largest absolute Gasteiger partial charge is 0.356 e. The standard InChI is InChI=1S/C18H31N3O.2ClH/c1-4-21(5-2)14-10-9-13-20-18(22)15(3)17(19)16-11-7-6-8-12-16;;/h6-8,11-12,15,17H,4-5,9-10,13-14,19H2,1-3H3,(H,20,22);2*1H. The molecule has 0 aromatic heterocycles. The third kappa shape index (κ3) is 8.88. The highest BCUT2D eigenvalue weighted by atomic mass is 35.5. The van der Waals surface area contributed by atoms with Crippen molar-refractivity contribution in [1.82, 2.24) is 10.2 Å².